The molecule has 0 spiro atoms. The highest BCUT2D eigenvalue weighted by Crippen LogP contribution is 2.08. The SMILES string of the molecule is CNc1cccc(NCCc2ncno2)n1. The molecule has 0 bridgehead atoms. The molecule has 0 atom stereocenters. The van der Waals surface area contributed by atoms with Crippen LogP contribution >= 0.6 is 0 Å². The first-order valence-electron chi connectivity index (χ1n) is 5.03. The van der Waals surface area contributed by atoms with Crippen LogP contribution in [-0.4, -0.2) is 28.7 Å². The highest BCUT2D eigenvalue weighted by atomic mass is 16.5. The topological polar surface area (TPSA) is 75.9 Å². The van der Waals surface area contributed by atoms with E-state index in [1.165, 1.54) is 6.33 Å². The Morgan fingerprint density at radius 3 is 2.94 bits per heavy atom. The molecule has 0 aromatic carbocycles. The Kier molecular flexibility index (Phi) is 3.32. The summed E-state index contributed by atoms with van der Waals surface area (Å²) in [5, 5.41) is 9.69. The smallest absolute Gasteiger partial charge is 0.228 e. The monoisotopic (exact) mass is 219 g/mol. The van der Waals surface area contributed by atoms with Gasteiger partial charge in [0, 0.05) is 20.0 Å². The van der Waals surface area contributed by atoms with Gasteiger partial charge in [0.15, 0.2) is 6.33 Å². The lowest BCUT2D eigenvalue weighted by molar-refractivity contribution is 0.379. The van der Waals surface area contributed by atoms with Crippen LogP contribution in [0.25, 0.3) is 0 Å². The van der Waals surface area contributed by atoms with Crippen molar-refractivity contribution < 1.29 is 4.52 Å². The van der Waals surface area contributed by atoms with Gasteiger partial charge in [-0.25, -0.2) is 4.98 Å². The van der Waals surface area contributed by atoms with Gasteiger partial charge in [-0.15, -0.1) is 0 Å². The first-order valence-corrected chi connectivity index (χ1v) is 5.03. The average molecular weight is 219 g/mol. The maximum Gasteiger partial charge on any atom is 0.228 e. The maximum absolute atomic E-state index is 4.88. The number of anilines is 2. The molecule has 0 radical (unpaired) electrons. The molecule has 0 unspecified atom stereocenters. The molecule has 0 aliphatic heterocycles. The van der Waals surface area contributed by atoms with Crippen LogP contribution in [0.15, 0.2) is 29.0 Å². The molecule has 0 aliphatic rings. The first-order chi connectivity index (χ1) is 7.88. The second-order valence-electron chi connectivity index (χ2n) is 3.17. The minimum Gasteiger partial charge on any atom is -0.373 e. The number of nitrogens with zero attached hydrogens (tertiary/aromatic N) is 3. The first kappa shape index (κ1) is 10.4. The van der Waals surface area contributed by atoms with E-state index < -0.39 is 0 Å². The molecular formula is C10H13N5O. The fourth-order valence-electron chi connectivity index (χ4n) is 1.28. The highest BCUT2D eigenvalue weighted by molar-refractivity contribution is 5.44. The molecule has 0 aliphatic carbocycles. The minimum absolute atomic E-state index is 0.622. The number of pyridine rings is 1. The molecule has 16 heavy (non-hydrogen) atoms. The van der Waals surface area contributed by atoms with E-state index in [1.807, 2.05) is 25.2 Å². The van der Waals surface area contributed by atoms with Crippen molar-refractivity contribution in [2.45, 2.75) is 6.42 Å². The summed E-state index contributed by atoms with van der Waals surface area (Å²) in [6.07, 6.45) is 2.08. The molecule has 2 heterocycles. The summed E-state index contributed by atoms with van der Waals surface area (Å²) < 4.78 is 4.88. The van der Waals surface area contributed by atoms with E-state index in [4.69, 9.17) is 4.52 Å². The van der Waals surface area contributed by atoms with Crippen molar-refractivity contribution in [3.63, 3.8) is 0 Å². The standard InChI is InChI=1S/C10H13N5O/c1-11-8-3-2-4-9(15-8)12-6-5-10-13-7-14-16-10/h2-4,7H,5-6H2,1H3,(H2,11,12,15). The summed E-state index contributed by atoms with van der Waals surface area (Å²) in [5.41, 5.74) is 0. The summed E-state index contributed by atoms with van der Waals surface area (Å²) in [6.45, 7) is 0.711. The second kappa shape index (κ2) is 5.11. The number of aromatic nitrogens is 3. The Labute approximate surface area is 93.1 Å². The zero-order valence-electron chi connectivity index (χ0n) is 8.97. The molecule has 2 rings (SSSR count). The molecule has 0 fully saturated rings. The lowest BCUT2D eigenvalue weighted by Gasteiger charge is -2.05. The van der Waals surface area contributed by atoms with E-state index >= 15 is 0 Å². The average Bonchev–Trinajstić information content (AvgIpc) is 2.82. The van der Waals surface area contributed by atoms with Crippen LogP contribution < -0.4 is 10.6 Å². The van der Waals surface area contributed by atoms with Crippen LogP contribution in [0.1, 0.15) is 5.89 Å². The van der Waals surface area contributed by atoms with Crippen LogP contribution in [-0.2, 0) is 6.42 Å². The largest absolute Gasteiger partial charge is 0.373 e. The molecule has 0 amide bonds. The Morgan fingerprint density at radius 2 is 2.19 bits per heavy atom. The predicted octanol–water partition coefficient (Wildman–Crippen LogP) is 1.16. The zero-order valence-corrected chi connectivity index (χ0v) is 8.97. The van der Waals surface area contributed by atoms with Crippen molar-refractivity contribution >= 4 is 11.6 Å². The van der Waals surface area contributed by atoms with Gasteiger partial charge in [0.25, 0.3) is 0 Å². The summed E-state index contributed by atoms with van der Waals surface area (Å²) in [7, 11) is 1.84. The second-order valence-corrected chi connectivity index (χ2v) is 3.17. The van der Waals surface area contributed by atoms with Crippen LogP contribution in [0.4, 0.5) is 11.6 Å². The van der Waals surface area contributed by atoms with Crippen molar-refractivity contribution in [1.82, 2.24) is 15.1 Å². The van der Waals surface area contributed by atoms with Gasteiger partial charge < -0.3 is 15.2 Å². The Bertz CT molecular complexity index is 429. The quantitative estimate of drug-likeness (QED) is 0.786. The molecule has 6 nitrogen and oxygen atoms in total. The molecule has 6 heteroatoms. The van der Waals surface area contributed by atoms with Crippen molar-refractivity contribution in [2.24, 2.45) is 0 Å². The van der Waals surface area contributed by atoms with Crippen molar-refractivity contribution in [2.75, 3.05) is 24.2 Å². The van der Waals surface area contributed by atoms with E-state index in [-0.39, 0.29) is 0 Å². The number of rotatable bonds is 5. The fourth-order valence-corrected chi connectivity index (χ4v) is 1.28. The highest BCUT2D eigenvalue weighted by Gasteiger charge is 1.99. The van der Waals surface area contributed by atoms with Gasteiger partial charge in [0.2, 0.25) is 5.89 Å². The Morgan fingerprint density at radius 1 is 1.31 bits per heavy atom. The summed E-state index contributed by atoms with van der Waals surface area (Å²) in [5.74, 6) is 2.28. The van der Waals surface area contributed by atoms with Gasteiger partial charge in [-0.3, -0.25) is 0 Å². The van der Waals surface area contributed by atoms with Gasteiger partial charge in [0.05, 0.1) is 0 Å². The van der Waals surface area contributed by atoms with Crippen LogP contribution in [0.2, 0.25) is 0 Å². The predicted molar refractivity (Wildman–Crippen MR) is 60.3 cm³/mol. The molecule has 2 aromatic heterocycles. The third-order valence-corrected chi connectivity index (χ3v) is 2.06. The molecule has 0 saturated heterocycles. The molecule has 0 saturated carbocycles. The lowest BCUT2D eigenvalue weighted by Crippen LogP contribution is -2.07. The van der Waals surface area contributed by atoms with Crippen molar-refractivity contribution in [3.8, 4) is 0 Å². The molecular weight excluding hydrogens is 206 g/mol. The molecule has 2 N–H and O–H groups in total. The maximum atomic E-state index is 4.88. The van der Waals surface area contributed by atoms with Gasteiger partial charge in [-0.2, -0.15) is 4.98 Å². The van der Waals surface area contributed by atoms with E-state index in [1.54, 1.807) is 0 Å². The van der Waals surface area contributed by atoms with Crippen molar-refractivity contribution in [1.29, 1.82) is 0 Å². The minimum atomic E-state index is 0.622. The van der Waals surface area contributed by atoms with E-state index in [0.29, 0.717) is 18.9 Å². The van der Waals surface area contributed by atoms with Gasteiger partial charge >= 0.3 is 0 Å². The van der Waals surface area contributed by atoms with Crippen molar-refractivity contribution in [3.05, 3.63) is 30.4 Å². The number of hydrogen-bond acceptors (Lipinski definition) is 6. The molecule has 84 valence electrons. The Balaban J connectivity index is 1.85. The summed E-state index contributed by atoms with van der Waals surface area (Å²) in [4.78, 5) is 8.25. The number of nitrogens with one attached hydrogen (secondary N) is 2. The normalized spacial score (nSPS) is 10.1. The summed E-state index contributed by atoms with van der Waals surface area (Å²) in [6, 6.07) is 5.76. The Hall–Kier alpha value is -2.11. The van der Waals surface area contributed by atoms with Crippen LogP contribution in [0.5, 0.6) is 0 Å². The lowest BCUT2D eigenvalue weighted by atomic mass is 10.4. The van der Waals surface area contributed by atoms with Gasteiger partial charge in [-0.05, 0) is 12.1 Å². The van der Waals surface area contributed by atoms with Gasteiger partial charge in [0.1, 0.15) is 11.6 Å². The van der Waals surface area contributed by atoms with E-state index in [2.05, 4.69) is 25.8 Å². The fraction of sp³-hybridized carbons (Fsp3) is 0.300. The van der Waals surface area contributed by atoms with E-state index in [0.717, 1.165) is 11.6 Å². The third kappa shape index (κ3) is 2.69. The summed E-state index contributed by atoms with van der Waals surface area (Å²) >= 11 is 0. The van der Waals surface area contributed by atoms with Gasteiger partial charge in [-0.1, -0.05) is 11.2 Å². The third-order valence-electron chi connectivity index (χ3n) is 2.06. The van der Waals surface area contributed by atoms with E-state index in [9.17, 15) is 0 Å². The van der Waals surface area contributed by atoms with Crippen LogP contribution in [0, 0.1) is 0 Å². The molecule has 2 aromatic rings. The number of hydrogen-bond donors (Lipinski definition) is 2. The zero-order chi connectivity index (χ0) is 11.2. The van der Waals surface area contributed by atoms with Crippen LogP contribution in [0.3, 0.4) is 0 Å².